The van der Waals surface area contributed by atoms with Crippen molar-refractivity contribution in [3.8, 4) is 16.9 Å². The van der Waals surface area contributed by atoms with Crippen LogP contribution in [-0.4, -0.2) is 17.3 Å². The zero-order valence-electron chi connectivity index (χ0n) is 14.4. The van der Waals surface area contributed by atoms with Gasteiger partial charge in [-0.1, -0.05) is 40.7 Å². The van der Waals surface area contributed by atoms with Crippen molar-refractivity contribution in [1.82, 2.24) is 10.2 Å². The summed E-state index contributed by atoms with van der Waals surface area (Å²) in [5.74, 6) is 1.37. The molecule has 1 heterocycles. The predicted molar refractivity (Wildman–Crippen MR) is 92.1 cm³/mol. The predicted octanol–water partition coefficient (Wildman–Crippen LogP) is 4.38. The largest absolute Gasteiger partial charge is 0.496 e. The highest BCUT2D eigenvalue weighted by Gasteiger charge is 2.28. The van der Waals surface area contributed by atoms with Crippen LogP contribution in [0.5, 0.6) is 5.75 Å². The molecule has 4 heteroatoms. The van der Waals surface area contributed by atoms with E-state index in [0.29, 0.717) is 5.82 Å². The van der Waals surface area contributed by atoms with Crippen molar-refractivity contribution >= 4 is 5.82 Å². The van der Waals surface area contributed by atoms with Gasteiger partial charge < -0.3 is 10.5 Å². The molecule has 0 aliphatic rings. The molecule has 0 aliphatic carbocycles. The van der Waals surface area contributed by atoms with Gasteiger partial charge in [-0.3, -0.25) is 5.10 Å². The van der Waals surface area contributed by atoms with E-state index in [1.54, 1.807) is 13.3 Å². The Hall–Kier alpha value is -1.97. The molecule has 0 bridgehead atoms. The van der Waals surface area contributed by atoms with Gasteiger partial charge in [0.05, 0.1) is 13.3 Å². The summed E-state index contributed by atoms with van der Waals surface area (Å²) in [6.45, 7) is 11.4. The van der Waals surface area contributed by atoms with Crippen LogP contribution in [0.1, 0.15) is 46.6 Å². The molecule has 1 aromatic heterocycles. The van der Waals surface area contributed by atoms with Gasteiger partial charge in [0.1, 0.15) is 11.6 Å². The number of nitrogens with two attached hydrogens (primary N) is 1. The molecule has 0 amide bonds. The first kappa shape index (κ1) is 16.4. The van der Waals surface area contributed by atoms with E-state index in [0.717, 1.165) is 23.3 Å². The highest BCUT2D eigenvalue weighted by molar-refractivity contribution is 5.78. The van der Waals surface area contributed by atoms with Gasteiger partial charge in [-0.25, -0.2) is 0 Å². The van der Waals surface area contributed by atoms with Crippen molar-refractivity contribution in [2.45, 2.75) is 46.5 Å². The minimum absolute atomic E-state index is 0.0672. The number of nitrogens with zero attached hydrogens (tertiary/aromatic N) is 1. The summed E-state index contributed by atoms with van der Waals surface area (Å²) in [5.41, 5.74) is 9.45. The molecular formula is C18H27N3O. The van der Waals surface area contributed by atoms with E-state index in [1.165, 1.54) is 5.56 Å². The van der Waals surface area contributed by atoms with Crippen molar-refractivity contribution in [3.63, 3.8) is 0 Å². The Morgan fingerprint density at radius 3 is 2.32 bits per heavy atom. The zero-order chi connectivity index (χ0) is 16.5. The second-order valence-electron chi connectivity index (χ2n) is 7.73. The number of nitrogen functional groups attached to an aromatic ring is 1. The smallest absolute Gasteiger partial charge is 0.126 e. The van der Waals surface area contributed by atoms with Gasteiger partial charge in [-0.05, 0) is 34.9 Å². The van der Waals surface area contributed by atoms with Crippen molar-refractivity contribution < 1.29 is 4.74 Å². The lowest BCUT2D eigenvalue weighted by molar-refractivity contribution is 0.284. The number of nitrogens with one attached hydrogen (secondary N) is 1. The van der Waals surface area contributed by atoms with E-state index in [-0.39, 0.29) is 10.8 Å². The Balaban J connectivity index is 2.50. The number of H-pyrrole nitrogens is 1. The fourth-order valence-corrected chi connectivity index (χ4v) is 3.28. The molecule has 1 aromatic carbocycles. The molecule has 0 aliphatic heterocycles. The molecule has 4 nitrogen and oxygen atoms in total. The van der Waals surface area contributed by atoms with E-state index >= 15 is 0 Å². The number of hydrogen-bond donors (Lipinski definition) is 2. The Kier molecular flexibility index (Phi) is 4.23. The number of ether oxygens (including phenoxy) is 1. The summed E-state index contributed by atoms with van der Waals surface area (Å²) in [6, 6.07) is 6.33. The van der Waals surface area contributed by atoms with Crippen LogP contribution in [0.15, 0.2) is 24.4 Å². The fraction of sp³-hybridized carbons (Fsp3) is 0.500. The van der Waals surface area contributed by atoms with Gasteiger partial charge in [0.2, 0.25) is 0 Å². The third-order valence-corrected chi connectivity index (χ3v) is 3.91. The van der Waals surface area contributed by atoms with Gasteiger partial charge in [-0.15, -0.1) is 0 Å². The molecule has 0 unspecified atom stereocenters. The summed E-state index contributed by atoms with van der Waals surface area (Å²) in [6.07, 6.45) is 2.83. The number of hydrogen-bond acceptors (Lipinski definition) is 3. The van der Waals surface area contributed by atoms with Gasteiger partial charge in [-0.2, -0.15) is 5.10 Å². The van der Waals surface area contributed by atoms with E-state index in [2.05, 4.69) is 56.9 Å². The molecule has 2 rings (SSSR count). The van der Waals surface area contributed by atoms with Crippen LogP contribution in [0, 0.1) is 5.41 Å². The summed E-state index contributed by atoms with van der Waals surface area (Å²) >= 11 is 0. The lowest BCUT2D eigenvalue weighted by Crippen LogP contribution is -2.24. The van der Waals surface area contributed by atoms with Gasteiger partial charge in [0, 0.05) is 11.1 Å². The van der Waals surface area contributed by atoms with Crippen LogP contribution in [0.4, 0.5) is 5.82 Å². The van der Waals surface area contributed by atoms with Crippen LogP contribution in [-0.2, 0) is 5.41 Å². The number of aromatic nitrogens is 2. The lowest BCUT2D eigenvalue weighted by atomic mass is 9.72. The summed E-state index contributed by atoms with van der Waals surface area (Å²) in [5, 5.41) is 6.81. The quantitative estimate of drug-likeness (QED) is 0.880. The molecular weight excluding hydrogens is 274 g/mol. The average Bonchev–Trinajstić information content (AvgIpc) is 2.81. The second kappa shape index (κ2) is 5.67. The highest BCUT2D eigenvalue weighted by atomic mass is 16.5. The molecule has 0 radical (unpaired) electrons. The molecule has 0 saturated heterocycles. The third-order valence-electron chi connectivity index (χ3n) is 3.91. The van der Waals surface area contributed by atoms with Crippen LogP contribution < -0.4 is 10.5 Å². The topological polar surface area (TPSA) is 63.9 Å². The normalized spacial score (nSPS) is 12.5. The first-order valence-corrected chi connectivity index (χ1v) is 7.62. The van der Waals surface area contributed by atoms with E-state index in [4.69, 9.17) is 10.5 Å². The summed E-state index contributed by atoms with van der Waals surface area (Å²) in [4.78, 5) is 0. The fourth-order valence-electron chi connectivity index (χ4n) is 3.28. The summed E-state index contributed by atoms with van der Waals surface area (Å²) < 4.78 is 5.50. The Morgan fingerprint density at radius 1 is 1.14 bits per heavy atom. The number of aromatic amines is 1. The number of rotatable bonds is 4. The molecule has 0 fully saturated rings. The second-order valence-corrected chi connectivity index (χ2v) is 7.73. The first-order valence-electron chi connectivity index (χ1n) is 7.62. The van der Waals surface area contributed by atoms with Gasteiger partial charge >= 0.3 is 0 Å². The van der Waals surface area contributed by atoms with E-state index in [9.17, 15) is 0 Å². The van der Waals surface area contributed by atoms with Crippen LogP contribution in [0.25, 0.3) is 11.1 Å². The zero-order valence-corrected chi connectivity index (χ0v) is 14.4. The van der Waals surface area contributed by atoms with E-state index in [1.807, 2.05) is 6.07 Å². The highest BCUT2D eigenvalue weighted by Crippen LogP contribution is 2.40. The van der Waals surface area contributed by atoms with Crippen LogP contribution in [0.3, 0.4) is 0 Å². The van der Waals surface area contributed by atoms with Crippen molar-refractivity contribution in [2.24, 2.45) is 5.41 Å². The van der Waals surface area contributed by atoms with Crippen molar-refractivity contribution in [1.29, 1.82) is 0 Å². The van der Waals surface area contributed by atoms with Crippen molar-refractivity contribution in [2.75, 3.05) is 12.8 Å². The van der Waals surface area contributed by atoms with Gasteiger partial charge in [0.15, 0.2) is 0 Å². The van der Waals surface area contributed by atoms with E-state index < -0.39 is 0 Å². The third kappa shape index (κ3) is 3.43. The SMILES string of the molecule is COc1ccc(C(C)(C)CC(C)(C)C)cc1-c1cn[nH]c1N. The molecule has 2 aromatic rings. The molecule has 22 heavy (non-hydrogen) atoms. The van der Waals surface area contributed by atoms with Crippen molar-refractivity contribution in [3.05, 3.63) is 30.0 Å². The Morgan fingerprint density at radius 2 is 1.82 bits per heavy atom. The Labute approximate surface area is 133 Å². The molecule has 0 spiro atoms. The number of benzene rings is 1. The molecule has 0 atom stereocenters. The minimum Gasteiger partial charge on any atom is -0.496 e. The minimum atomic E-state index is 0.0672. The molecule has 3 N–H and O–H groups in total. The molecule has 120 valence electrons. The van der Waals surface area contributed by atoms with Gasteiger partial charge in [0.25, 0.3) is 0 Å². The van der Waals surface area contributed by atoms with Crippen LogP contribution >= 0.6 is 0 Å². The standard InChI is InChI=1S/C18H27N3O/c1-17(2,3)11-18(4,5)12-7-8-15(22-6)13(9-12)14-10-20-21-16(14)19/h7-10H,11H2,1-6H3,(H3,19,20,21). The Bertz CT molecular complexity index is 651. The average molecular weight is 301 g/mol. The van der Waals surface area contributed by atoms with Crippen LogP contribution in [0.2, 0.25) is 0 Å². The lowest BCUT2D eigenvalue weighted by Gasteiger charge is -2.33. The maximum Gasteiger partial charge on any atom is 0.126 e. The molecule has 0 saturated carbocycles. The number of methoxy groups -OCH3 is 1. The summed E-state index contributed by atoms with van der Waals surface area (Å²) in [7, 11) is 1.68. The maximum absolute atomic E-state index is 5.98. The first-order chi connectivity index (χ1) is 10.1. The monoisotopic (exact) mass is 301 g/mol. The maximum atomic E-state index is 5.98. The number of anilines is 1.